The summed E-state index contributed by atoms with van der Waals surface area (Å²) in [4.78, 5) is 0. The van der Waals surface area contributed by atoms with Gasteiger partial charge in [0.15, 0.2) is 0 Å². The molecule has 1 rings (SSSR count). The van der Waals surface area contributed by atoms with Gasteiger partial charge in [0.2, 0.25) is 10.0 Å². The summed E-state index contributed by atoms with van der Waals surface area (Å²) < 4.78 is 18.8. The van der Waals surface area contributed by atoms with Crippen LogP contribution >= 0.6 is 0 Å². The number of hydrogen-bond acceptors (Lipinski definition) is 2. The van der Waals surface area contributed by atoms with E-state index in [2.05, 4.69) is 36.3 Å². The summed E-state index contributed by atoms with van der Waals surface area (Å²) in [7, 11) is -3.17. The summed E-state index contributed by atoms with van der Waals surface area (Å²) in [5.41, 5.74) is 1.41. The second kappa shape index (κ2) is 5.72. The normalized spacial score (nSPS) is 10.1. The minimum Gasteiger partial charge on any atom is -0.229 e. The summed E-state index contributed by atoms with van der Waals surface area (Å²) in [5, 5.41) is 4.33. The molecule has 0 saturated heterocycles. The Morgan fingerprint density at radius 1 is 1.23 bits per heavy atom. The minimum atomic E-state index is -3.17. The Balaban J connectivity index is 0.000000252. The first kappa shape index (κ1) is 12.1. The summed E-state index contributed by atoms with van der Waals surface area (Å²) >= 11 is 0. The van der Waals surface area contributed by atoms with Gasteiger partial charge in [-0.05, 0) is 12.0 Å². The zero-order valence-electron chi connectivity index (χ0n) is 7.90. The highest BCUT2D eigenvalue weighted by Crippen LogP contribution is 1.96. The molecular formula is C9H15NO2S. The van der Waals surface area contributed by atoms with Crippen LogP contribution in [0.5, 0.6) is 0 Å². The van der Waals surface area contributed by atoms with Crippen LogP contribution in [0.1, 0.15) is 12.5 Å². The van der Waals surface area contributed by atoms with E-state index in [1.165, 1.54) is 5.56 Å². The lowest BCUT2D eigenvalue weighted by atomic mass is 10.2. The molecule has 0 radical (unpaired) electrons. The molecule has 2 N–H and O–H groups in total. The average molecular weight is 201 g/mol. The van der Waals surface area contributed by atoms with Gasteiger partial charge in [-0.1, -0.05) is 37.3 Å². The molecule has 0 spiro atoms. The van der Waals surface area contributed by atoms with Gasteiger partial charge in [-0.25, -0.2) is 13.6 Å². The van der Waals surface area contributed by atoms with E-state index in [0.717, 1.165) is 12.7 Å². The van der Waals surface area contributed by atoms with Gasteiger partial charge in [0, 0.05) is 0 Å². The maximum Gasteiger partial charge on any atom is 0.206 e. The van der Waals surface area contributed by atoms with Crippen LogP contribution in [0.2, 0.25) is 0 Å². The molecule has 0 amide bonds. The summed E-state index contributed by atoms with van der Waals surface area (Å²) in [6.07, 6.45) is 2.08. The van der Waals surface area contributed by atoms with E-state index < -0.39 is 10.0 Å². The van der Waals surface area contributed by atoms with E-state index in [9.17, 15) is 8.42 Å². The van der Waals surface area contributed by atoms with E-state index in [0.29, 0.717) is 0 Å². The highest BCUT2D eigenvalue weighted by atomic mass is 32.2. The molecular weight excluding hydrogens is 186 g/mol. The van der Waals surface area contributed by atoms with Crippen molar-refractivity contribution >= 4 is 10.0 Å². The first-order valence-electron chi connectivity index (χ1n) is 3.95. The number of aryl methyl sites for hydroxylation is 1. The summed E-state index contributed by atoms with van der Waals surface area (Å²) in [6.45, 7) is 2.16. The third-order valence-corrected chi connectivity index (χ3v) is 1.25. The largest absolute Gasteiger partial charge is 0.229 e. The van der Waals surface area contributed by atoms with Gasteiger partial charge in [0.1, 0.15) is 0 Å². The van der Waals surface area contributed by atoms with E-state index >= 15 is 0 Å². The van der Waals surface area contributed by atoms with Crippen LogP contribution in [0.15, 0.2) is 30.3 Å². The number of primary sulfonamides is 1. The van der Waals surface area contributed by atoms with Crippen LogP contribution in [0, 0.1) is 0 Å². The Labute approximate surface area is 79.6 Å². The van der Waals surface area contributed by atoms with Gasteiger partial charge in [-0.15, -0.1) is 0 Å². The van der Waals surface area contributed by atoms with Crippen LogP contribution in [-0.2, 0) is 16.4 Å². The molecule has 3 nitrogen and oxygen atoms in total. The molecule has 74 valence electrons. The van der Waals surface area contributed by atoms with Gasteiger partial charge in [0.05, 0.1) is 6.26 Å². The van der Waals surface area contributed by atoms with E-state index in [1.807, 2.05) is 6.07 Å². The Bertz CT molecular complexity index is 311. The topological polar surface area (TPSA) is 60.2 Å². The van der Waals surface area contributed by atoms with Gasteiger partial charge in [-0.3, -0.25) is 0 Å². The first-order valence-corrected chi connectivity index (χ1v) is 5.90. The molecule has 0 atom stereocenters. The number of hydrogen-bond donors (Lipinski definition) is 1. The zero-order valence-corrected chi connectivity index (χ0v) is 8.71. The van der Waals surface area contributed by atoms with Crippen molar-refractivity contribution in [2.45, 2.75) is 13.3 Å². The van der Waals surface area contributed by atoms with Gasteiger partial charge >= 0.3 is 0 Å². The van der Waals surface area contributed by atoms with Crippen molar-refractivity contribution in [2.75, 3.05) is 6.26 Å². The summed E-state index contributed by atoms with van der Waals surface area (Å²) in [5.74, 6) is 0. The number of rotatable bonds is 1. The van der Waals surface area contributed by atoms with Crippen LogP contribution in [0.3, 0.4) is 0 Å². The van der Waals surface area contributed by atoms with Crippen molar-refractivity contribution in [2.24, 2.45) is 5.14 Å². The van der Waals surface area contributed by atoms with Crippen molar-refractivity contribution in [1.82, 2.24) is 0 Å². The van der Waals surface area contributed by atoms with E-state index in [-0.39, 0.29) is 0 Å². The average Bonchev–Trinajstić information content (AvgIpc) is 2.03. The van der Waals surface area contributed by atoms with Gasteiger partial charge in [-0.2, -0.15) is 0 Å². The monoisotopic (exact) mass is 201 g/mol. The smallest absolute Gasteiger partial charge is 0.206 e. The molecule has 0 aliphatic heterocycles. The third-order valence-electron chi connectivity index (χ3n) is 1.25. The molecule has 0 aliphatic rings. The maximum atomic E-state index is 9.41. The van der Waals surface area contributed by atoms with Crippen molar-refractivity contribution in [3.05, 3.63) is 35.9 Å². The highest BCUT2D eigenvalue weighted by molar-refractivity contribution is 7.88. The maximum absolute atomic E-state index is 9.41. The molecule has 0 unspecified atom stereocenters. The highest BCUT2D eigenvalue weighted by Gasteiger charge is 1.80. The van der Waals surface area contributed by atoms with Crippen molar-refractivity contribution in [3.8, 4) is 0 Å². The number of sulfonamides is 1. The molecule has 13 heavy (non-hydrogen) atoms. The van der Waals surface area contributed by atoms with E-state index in [4.69, 9.17) is 0 Å². The second-order valence-electron chi connectivity index (χ2n) is 2.67. The van der Waals surface area contributed by atoms with Crippen molar-refractivity contribution in [1.29, 1.82) is 0 Å². The second-order valence-corrected chi connectivity index (χ2v) is 4.33. The van der Waals surface area contributed by atoms with Crippen LogP contribution in [0.25, 0.3) is 0 Å². The SMILES string of the molecule is CCc1ccccc1.CS(N)(=O)=O. The standard InChI is InChI=1S/C8H10.CH5NO2S/c1-2-8-6-4-3-5-7-8;1-5(2,3)4/h3-7H,2H2,1H3;1H3,(H2,2,3,4). The van der Waals surface area contributed by atoms with Gasteiger partial charge in [0.25, 0.3) is 0 Å². The van der Waals surface area contributed by atoms with Crippen LogP contribution in [-0.4, -0.2) is 14.7 Å². The number of benzene rings is 1. The predicted octanol–water partition coefficient (Wildman–Crippen LogP) is 1.15. The van der Waals surface area contributed by atoms with Crippen LogP contribution in [0.4, 0.5) is 0 Å². The predicted molar refractivity (Wildman–Crippen MR) is 54.9 cm³/mol. The van der Waals surface area contributed by atoms with Crippen LogP contribution < -0.4 is 5.14 Å². The summed E-state index contributed by atoms with van der Waals surface area (Å²) in [6, 6.07) is 10.5. The van der Waals surface area contributed by atoms with E-state index in [1.54, 1.807) is 0 Å². The van der Waals surface area contributed by atoms with Crippen molar-refractivity contribution in [3.63, 3.8) is 0 Å². The third kappa shape index (κ3) is 11.1. The van der Waals surface area contributed by atoms with Crippen molar-refractivity contribution < 1.29 is 8.42 Å². The van der Waals surface area contributed by atoms with Gasteiger partial charge < -0.3 is 0 Å². The Kier molecular flexibility index (Phi) is 5.34. The minimum absolute atomic E-state index is 0.938. The fourth-order valence-corrected chi connectivity index (χ4v) is 0.714. The molecule has 1 aromatic carbocycles. The number of nitrogens with two attached hydrogens (primary N) is 1. The Morgan fingerprint density at radius 3 is 1.85 bits per heavy atom. The Hall–Kier alpha value is -0.870. The lowest BCUT2D eigenvalue weighted by molar-refractivity contribution is 0.603. The quantitative estimate of drug-likeness (QED) is 0.741. The molecule has 0 aromatic heterocycles. The molecule has 4 heteroatoms. The lowest BCUT2D eigenvalue weighted by Crippen LogP contribution is -2.07. The molecule has 0 fully saturated rings. The molecule has 0 bridgehead atoms. The molecule has 1 aromatic rings. The zero-order chi connectivity index (χ0) is 10.3. The Morgan fingerprint density at radius 2 is 1.62 bits per heavy atom. The fourth-order valence-electron chi connectivity index (χ4n) is 0.714. The first-order chi connectivity index (χ1) is 5.93. The lowest BCUT2D eigenvalue weighted by Gasteiger charge is -1.89. The molecule has 0 heterocycles. The molecule has 0 aliphatic carbocycles. The molecule has 0 saturated carbocycles. The fraction of sp³-hybridized carbons (Fsp3) is 0.333.